The summed E-state index contributed by atoms with van der Waals surface area (Å²) in [4.78, 5) is 19.6. The molecular formula is C23H25N3O3. The number of rotatable bonds is 4. The lowest BCUT2D eigenvalue weighted by molar-refractivity contribution is 0.0681. The van der Waals surface area contributed by atoms with Crippen LogP contribution in [0.3, 0.4) is 0 Å². The van der Waals surface area contributed by atoms with Crippen LogP contribution in [0.4, 0.5) is 0 Å². The van der Waals surface area contributed by atoms with Crippen molar-refractivity contribution in [3.63, 3.8) is 0 Å². The summed E-state index contributed by atoms with van der Waals surface area (Å²) in [6.07, 6.45) is 4.26. The Kier molecular flexibility index (Phi) is 5.60. The van der Waals surface area contributed by atoms with Crippen LogP contribution in [0.1, 0.15) is 53.5 Å². The van der Waals surface area contributed by atoms with Crippen molar-refractivity contribution in [3.8, 4) is 17.2 Å². The number of hydrogen-bond acceptors (Lipinski definition) is 5. The minimum Gasteiger partial charge on any atom is -0.497 e. The van der Waals surface area contributed by atoms with Gasteiger partial charge in [-0.1, -0.05) is 30.1 Å². The van der Waals surface area contributed by atoms with Gasteiger partial charge in [0.25, 0.3) is 11.8 Å². The monoisotopic (exact) mass is 391 g/mol. The fourth-order valence-electron chi connectivity index (χ4n) is 3.86. The van der Waals surface area contributed by atoms with Crippen LogP contribution < -0.4 is 4.74 Å². The van der Waals surface area contributed by atoms with Gasteiger partial charge in [0.05, 0.1) is 13.2 Å². The third kappa shape index (κ3) is 4.16. The Morgan fingerprint density at radius 1 is 1.07 bits per heavy atom. The highest BCUT2D eigenvalue weighted by Gasteiger charge is 2.27. The Morgan fingerprint density at radius 2 is 1.83 bits per heavy atom. The number of carbonyl (C=O) groups excluding carboxylic acids is 1. The van der Waals surface area contributed by atoms with Gasteiger partial charge in [0.15, 0.2) is 5.82 Å². The molecule has 1 fully saturated rings. The largest absolute Gasteiger partial charge is 0.497 e. The minimum atomic E-state index is 0.0565. The number of amides is 1. The number of benzene rings is 2. The number of methoxy groups -OCH3 is 1. The maximum absolute atomic E-state index is 13.4. The van der Waals surface area contributed by atoms with E-state index in [4.69, 9.17) is 9.26 Å². The highest BCUT2D eigenvalue weighted by Crippen LogP contribution is 2.32. The van der Waals surface area contributed by atoms with Crippen LogP contribution in [-0.2, 0) is 0 Å². The summed E-state index contributed by atoms with van der Waals surface area (Å²) < 4.78 is 10.5. The Labute approximate surface area is 170 Å². The predicted octanol–water partition coefficient (Wildman–Crippen LogP) is 4.81. The van der Waals surface area contributed by atoms with Crippen molar-refractivity contribution >= 4 is 5.91 Å². The maximum atomic E-state index is 13.4. The molecule has 2 heterocycles. The highest BCUT2D eigenvalue weighted by atomic mass is 16.5. The van der Waals surface area contributed by atoms with E-state index in [9.17, 15) is 4.79 Å². The summed E-state index contributed by atoms with van der Waals surface area (Å²) in [5.41, 5.74) is 2.63. The summed E-state index contributed by atoms with van der Waals surface area (Å²) in [5.74, 6) is 1.94. The number of aryl methyl sites for hydroxylation is 1. The molecule has 3 aromatic rings. The topological polar surface area (TPSA) is 68.5 Å². The highest BCUT2D eigenvalue weighted by molar-refractivity contribution is 5.95. The van der Waals surface area contributed by atoms with E-state index in [0.29, 0.717) is 17.3 Å². The van der Waals surface area contributed by atoms with Gasteiger partial charge >= 0.3 is 0 Å². The van der Waals surface area contributed by atoms with Gasteiger partial charge in [0, 0.05) is 17.7 Å². The van der Waals surface area contributed by atoms with E-state index >= 15 is 0 Å². The second-order valence-electron chi connectivity index (χ2n) is 7.36. The van der Waals surface area contributed by atoms with Crippen molar-refractivity contribution in [2.24, 2.45) is 0 Å². The average Bonchev–Trinajstić information content (AvgIpc) is 3.05. The number of ether oxygens (including phenoxy) is 1. The zero-order valence-electron chi connectivity index (χ0n) is 16.8. The molecule has 0 spiro atoms. The first-order valence-electron chi connectivity index (χ1n) is 10.0. The maximum Gasteiger partial charge on any atom is 0.257 e. The number of carbonyl (C=O) groups is 1. The molecule has 1 aliphatic rings. The zero-order chi connectivity index (χ0) is 20.2. The van der Waals surface area contributed by atoms with Gasteiger partial charge < -0.3 is 14.2 Å². The number of hydrogen-bond donors (Lipinski definition) is 0. The predicted molar refractivity (Wildman–Crippen MR) is 110 cm³/mol. The summed E-state index contributed by atoms with van der Waals surface area (Å²) in [7, 11) is 1.66. The Morgan fingerprint density at radius 3 is 2.48 bits per heavy atom. The molecule has 0 saturated carbocycles. The lowest BCUT2D eigenvalue weighted by Crippen LogP contribution is -2.34. The van der Waals surface area contributed by atoms with Gasteiger partial charge in [-0.15, -0.1) is 0 Å². The molecule has 0 aliphatic carbocycles. The Balaban J connectivity index is 1.58. The van der Waals surface area contributed by atoms with Crippen LogP contribution in [0.25, 0.3) is 11.5 Å². The van der Waals surface area contributed by atoms with Gasteiger partial charge in [-0.2, -0.15) is 4.98 Å². The quantitative estimate of drug-likeness (QED) is 0.638. The number of aromatic nitrogens is 2. The fourth-order valence-corrected chi connectivity index (χ4v) is 3.86. The lowest BCUT2D eigenvalue weighted by Gasteiger charge is -2.30. The summed E-state index contributed by atoms with van der Waals surface area (Å²) in [6, 6.07) is 15.5. The third-order valence-corrected chi connectivity index (χ3v) is 5.42. The van der Waals surface area contributed by atoms with Crippen LogP contribution in [0.15, 0.2) is 53.1 Å². The van der Waals surface area contributed by atoms with E-state index in [2.05, 4.69) is 22.3 Å². The van der Waals surface area contributed by atoms with Crippen LogP contribution >= 0.6 is 0 Å². The molecule has 0 N–H and O–H groups in total. The summed E-state index contributed by atoms with van der Waals surface area (Å²) >= 11 is 0. The number of likely N-dealkylation sites (tertiary alicyclic amines) is 1. The molecule has 4 rings (SSSR count). The summed E-state index contributed by atoms with van der Waals surface area (Å²) in [5, 5.41) is 3.82. The minimum absolute atomic E-state index is 0.0565. The normalized spacial score (nSPS) is 17.0. The van der Waals surface area contributed by atoms with E-state index in [0.717, 1.165) is 49.1 Å². The van der Waals surface area contributed by atoms with Crippen molar-refractivity contribution in [2.45, 2.75) is 38.6 Å². The SMILES string of the molecule is COc1ccc([C@H]2CCCCCN2C(=O)c2ccc(-c3nc(C)no3)cc2)cc1. The molecule has 6 nitrogen and oxygen atoms in total. The molecular weight excluding hydrogens is 366 g/mol. The molecule has 0 radical (unpaired) electrons. The second-order valence-corrected chi connectivity index (χ2v) is 7.36. The van der Waals surface area contributed by atoms with Crippen molar-refractivity contribution in [1.82, 2.24) is 15.0 Å². The molecule has 1 aliphatic heterocycles. The van der Waals surface area contributed by atoms with Crippen molar-refractivity contribution in [2.75, 3.05) is 13.7 Å². The Hall–Kier alpha value is -3.15. The molecule has 150 valence electrons. The van der Waals surface area contributed by atoms with E-state index in [1.165, 1.54) is 0 Å². The van der Waals surface area contributed by atoms with E-state index in [1.54, 1.807) is 14.0 Å². The molecule has 0 bridgehead atoms. The first kappa shape index (κ1) is 19.2. The first-order chi connectivity index (χ1) is 14.2. The van der Waals surface area contributed by atoms with Crippen LogP contribution in [0.2, 0.25) is 0 Å². The molecule has 1 amide bonds. The van der Waals surface area contributed by atoms with Gasteiger partial charge in [-0.3, -0.25) is 4.79 Å². The molecule has 1 saturated heterocycles. The van der Waals surface area contributed by atoms with Gasteiger partial charge in [0.2, 0.25) is 0 Å². The van der Waals surface area contributed by atoms with Gasteiger partial charge in [-0.05, 0) is 61.7 Å². The lowest BCUT2D eigenvalue weighted by atomic mass is 9.99. The molecule has 29 heavy (non-hydrogen) atoms. The van der Waals surface area contributed by atoms with Gasteiger partial charge in [0.1, 0.15) is 5.75 Å². The van der Waals surface area contributed by atoms with Crippen molar-refractivity contribution in [3.05, 3.63) is 65.5 Å². The average molecular weight is 391 g/mol. The standard InChI is InChI=1S/C23H25N3O3/c1-16-24-22(29-25-16)18-7-9-19(10-8-18)23(27)26-15-5-3-4-6-21(26)17-11-13-20(28-2)14-12-17/h7-14,21H,3-6,15H2,1-2H3/t21-/m1/s1. The Bertz CT molecular complexity index is 964. The molecule has 1 aromatic heterocycles. The van der Waals surface area contributed by atoms with Gasteiger partial charge in [-0.25, -0.2) is 0 Å². The van der Waals surface area contributed by atoms with Crippen LogP contribution in [0, 0.1) is 6.92 Å². The second kappa shape index (κ2) is 8.47. The number of nitrogens with zero attached hydrogens (tertiary/aromatic N) is 3. The zero-order valence-corrected chi connectivity index (χ0v) is 16.8. The van der Waals surface area contributed by atoms with E-state index in [-0.39, 0.29) is 11.9 Å². The van der Waals surface area contributed by atoms with Crippen LogP contribution in [-0.4, -0.2) is 34.6 Å². The molecule has 6 heteroatoms. The fraction of sp³-hybridized carbons (Fsp3) is 0.348. The molecule has 1 atom stereocenters. The van der Waals surface area contributed by atoms with Crippen molar-refractivity contribution in [1.29, 1.82) is 0 Å². The third-order valence-electron chi connectivity index (χ3n) is 5.42. The molecule has 2 aromatic carbocycles. The van der Waals surface area contributed by atoms with E-state index in [1.807, 2.05) is 41.3 Å². The van der Waals surface area contributed by atoms with Crippen molar-refractivity contribution < 1.29 is 14.1 Å². The smallest absolute Gasteiger partial charge is 0.257 e. The molecule has 0 unspecified atom stereocenters. The van der Waals surface area contributed by atoms with Crippen LogP contribution in [0.5, 0.6) is 5.75 Å². The first-order valence-corrected chi connectivity index (χ1v) is 10.0. The van der Waals surface area contributed by atoms with E-state index < -0.39 is 0 Å². The summed E-state index contributed by atoms with van der Waals surface area (Å²) in [6.45, 7) is 2.55.